The van der Waals surface area contributed by atoms with E-state index >= 15 is 0 Å². The predicted molar refractivity (Wildman–Crippen MR) is 112 cm³/mol. The summed E-state index contributed by atoms with van der Waals surface area (Å²) < 4.78 is 18.5. The number of para-hydroxylation sites is 1. The van der Waals surface area contributed by atoms with E-state index in [2.05, 4.69) is 21.7 Å². The molecule has 1 atom stereocenters. The molecule has 2 N–H and O–H groups in total. The van der Waals surface area contributed by atoms with Crippen LogP contribution in [0.2, 0.25) is 0 Å². The average Bonchev–Trinajstić information content (AvgIpc) is 2.75. The minimum atomic E-state index is -0.259. The van der Waals surface area contributed by atoms with E-state index < -0.39 is 0 Å². The molecule has 6 heteroatoms. The van der Waals surface area contributed by atoms with Gasteiger partial charge < -0.3 is 15.4 Å². The van der Waals surface area contributed by atoms with Crippen molar-refractivity contribution >= 4 is 28.2 Å². The first-order valence-corrected chi connectivity index (χ1v) is 9.58. The summed E-state index contributed by atoms with van der Waals surface area (Å²) in [6.07, 6.45) is 6.18. The molecule has 0 aliphatic heterocycles. The molecule has 2 aromatic carbocycles. The number of hydrogen-bond acceptors (Lipinski definition) is 3. The van der Waals surface area contributed by atoms with Crippen molar-refractivity contribution in [1.82, 2.24) is 10.3 Å². The highest BCUT2D eigenvalue weighted by atomic mass is 19.1. The van der Waals surface area contributed by atoms with Crippen molar-refractivity contribution in [3.05, 3.63) is 72.2 Å². The molecular formula is C23H22FN3O2. The van der Waals surface area contributed by atoms with Gasteiger partial charge in [-0.15, -0.1) is 0 Å². The molecule has 0 saturated carbocycles. The third kappa shape index (κ3) is 4.21. The number of hydrogen-bond donors (Lipinski definition) is 2. The molecular weight excluding hydrogens is 369 g/mol. The lowest BCUT2D eigenvalue weighted by Gasteiger charge is -2.23. The number of allylic oxidation sites excluding steroid dienone is 1. The molecule has 1 aromatic heterocycles. The highest BCUT2D eigenvalue weighted by Gasteiger charge is 2.18. The van der Waals surface area contributed by atoms with Gasteiger partial charge in [-0.05, 0) is 60.7 Å². The molecule has 4 rings (SSSR count). The Kier molecular flexibility index (Phi) is 5.42. The molecule has 148 valence electrons. The zero-order chi connectivity index (χ0) is 20.2. The quantitative estimate of drug-likeness (QED) is 0.647. The van der Waals surface area contributed by atoms with Crippen LogP contribution in [0.4, 0.5) is 14.9 Å². The Morgan fingerprint density at radius 1 is 1.17 bits per heavy atom. The number of nitrogens with one attached hydrogen (secondary N) is 2. The van der Waals surface area contributed by atoms with Crippen LogP contribution in [0, 0.1) is 5.82 Å². The fraction of sp³-hybridized carbons (Fsp3) is 0.217. The monoisotopic (exact) mass is 391 g/mol. The number of aromatic nitrogens is 1. The first-order chi connectivity index (χ1) is 14.1. The van der Waals surface area contributed by atoms with Crippen molar-refractivity contribution in [3.63, 3.8) is 0 Å². The van der Waals surface area contributed by atoms with Crippen LogP contribution in [-0.4, -0.2) is 24.2 Å². The largest absolute Gasteiger partial charge is 0.496 e. The molecule has 3 aromatic rings. The topological polar surface area (TPSA) is 63.2 Å². The van der Waals surface area contributed by atoms with E-state index in [4.69, 9.17) is 4.74 Å². The maximum absolute atomic E-state index is 13.1. The van der Waals surface area contributed by atoms with Gasteiger partial charge in [-0.2, -0.15) is 0 Å². The summed E-state index contributed by atoms with van der Waals surface area (Å²) in [6.45, 7) is 0. The first-order valence-electron chi connectivity index (χ1n) is 9.58. The summed E-state index contributed by atoms with van der Waals surface area (Å²) in [6, 6.07) is 13.7. The number of pyridine rings is 1. The van der Waals surface area contributed by atoms with E-state index in [1.807, 2.05) is 18.2 Å². The van der Waals surface area contributed by atoms with Crippen molar-refractivity contribution < 1.29 is 13.9 Å². The number of fused-ring (bicyclic) bond motifs is 1. The van der Waals surface area contributed by atoms with Gasteiger partial charge in [0.1, 0.15) is 11.6 Å². The van der Waals surface area contributed by atoms with E-state index in [1.54, 1.807) is 31.5 Å². The molecule has 5 nitrogen and oxygen atoms in total. The second kappa shape index (κ2) is 8.31. The number of nitrogens with zero attached hydrogens (tertiary/aromatic N) is 1. The lowest BCUT2D eigenvalue weighted by molar-refractivity contribution is 0.247. The summed E-state index contributed by atoms with van der Waals surface area (Å²) >= 11 is 0. The third-order valence-electron chi connectivity index (χ3n) is 5.16. The van der Waals surface area contributed by atoms with E-state index in [0.717, 1.165) is 30.2 Å². The van der Waals surface area contributed by atoms with Crippen LogP contribution in [0.15, 0.2) is 60.8 Å². The Morgan fingerprint density at radius 2 is 2.00 bits per heavy atom. The van der Waals surface area contributed by atoms with Crippen LogP contribution in [-0.2, 0) is 0 Å². The second-order valence-corrected chi connectivity index (χ2v) is 7.02. The van der Waals surface area contributed by atoms with Crippen LogP contribution in [0.5, 0.6) is 5.75 Å². The minimum Gasteiger partial charge on any atom is -0.496 e. The molecule has 1 heterocycles. The standard InChI is InChI=1S/C23H22FN3O2/c1-29-21-13-14-25-22-19(21)3-2-4-20(22)27-23(28)26-18-11-7-16(8-12-18)15-5-9-17(24)10-6-15/h2-7,9-10,13-14,18H,8,11-12H2,1H3,(H2,26,27,28). The van der Waals surface area contributed by atoms with Gasteiger partial charge in [-0.1, -0.05) is 24.3 Å². The highest BCUT2D eigenvalue weighted by Crippen LogP contribution is 2.29. The van der Waals surface area contributed by atoms with Gasteiger partial charge in [0.05, 0.1) is 18.3 Å². The van der Waals surface area contributed by atoms with E-state index in [1.165, 1.54) is 17.7 Å². The van der Waals surface area contributed by atoms with Gasteiger partial charge in [0, 0.05) is 17.6 Å². The minimum absolute atomic E-state index is 0.0525. The Labute approximate surface area is 168 Å². The Hall–Kier alpha value is -3.41. The normalized spacial score (nSPS) is 16.2. The Morgan fingerprint density at radius 3 is 2.72 bits per heavy atom. The summed E-state index contributed by atoms with van der Waals surface area (Å²) in [7, 11) is 1.61. The smallest absolute Gasteiger partial charge is 0.319 e. The third-order valence-corrected chi connectivity index (χ3v) is 5.16. The summed E-state index contributed by atoms with van der Waals surface area (Å²) in [5.41, 5.74) is 3.54. The number of rotatable bonds is 4. The number of amides is 2. The number of carbonyl (C=O) groups is 1. The number of methoxy groups -OCH3 is 1. The van der Waals surface area contributed by atoms with Crippen LogP contribution in [0.3, 0.4) is 0 Å². The maximum atomic E-state index is 13.1. The van der Waals surface area contributed by atoms with Crippen LogP contribution in [0.25, 0.3) is 16.5 Å². The summed E-state index contributed by atoms with van der Waals surface area (Å²) in [5.74, 6) is 0.478. The van der Waals surface area contributed by atoms with Gasteiger partial charge in [-0.25, -0.2) is 9.18 Å². The molecule has 1 aliphatic carbocycles. The number of benzene rings is 2. The molecule has 29 heavy (non-hydrogen) atoms. The van der Waals surface area contributed by atoms with Crippen molar-refractivity contribution in [2.24, 2.45) is 0 Å². The number of carbonyl (C=O) groups excluding carboxylic acids is 1. The predicted octanol–water partition coefficient (Wildman–Crippen LogP) is 5.14. The number of halogens is 1. The maximum Gasteiger partial charge on any atom is 0.319 e. The number of anilines is 1. The number of ether oxygens (including phenoxy) is 1. The van der Waals surface area contributed by atoms with Crippen molar-refractivity contribution in [2.75, 3.05) is 12.4 Å². The lowest BCUT2D eigenvalue weighted by atomic mass is 9.91. The fourth-order valence-corrected chi connectivity index (χ4v) is 3.66. The van der Waals surface area contributed by atoms with Crippen LogP contribution >= 0.6 is 0 Å². The van der Waals surface area contributed by atoms with Crippen LogP contribution in [0.1, 0.15) is 24.8 Å². The second-order valence-electron chi connectivity index (χ2n) is 7.02. The van der Waals surface area contributed by atoms with Gasteiger partial charge in [0.2, 0.25) is 0 Å². The molecule has 0 fully saturated rings. The first kappa shape index (κ1) is 18.9. The van der Waals surface area contributed by atoms with Crippen molar-refractivity contribution in [3.8, 4) is 5.75 Å². The van der Waals surface area contributed by atoms with Crippen molar-refractivity contribution in [1.29, 1.82) is 0 Å². The molecule has 0 bridgehead atoms. The zero-order valence-electron chi connectivity index (χ0n) is 16.1. The fourth-order valence-electron chi connectivity index (χ4n) is 3.66. The van der Waals surface area contributed by atoms with Gasteiger partial charge >= 0.3 is 6.03 Å². The zero-order valence-corrected chi connectivity index (χ0v) is 16.1. The van der Waals surface area contributed by atoms with E-state index in [-0.39, 0.29) is 17.9 Å². The lowest BCUT2D eigenvalue weighted by Crippen LogP contribution is -2.38. The molecule has 1 aliphatic rings. The number of urea groups is 1. The SMILES string of the molecule is COc1ccnc2c(NC(=O)NC3CC=C(c4ccc(F)cc4)CC3)cccc12. The molecule has 0 spiro atoms. The molecule has 1 unspecified atom stereocenters. The van der Waals surface area contributed by atoms with Gasteiger partial charge in [0.15, 0.2) is 0 Å². The Balaban J connectivity index is 1.41. The van der Waals surface area contributed by atoms with Gasteiger partial charge in [0.25, 0.3) is 0 Å². The highest BCUT2D eigenvalue weighted by molar-refractivity contribution is 6.01. The molecule has 2 amide bonds. The van der Waals surface area contributed by atoms with E-state index in [9.17, 15) is 9.18 Å². The molecule has 0 saturated heterocycles. The summed E-state index contributed by atoms with van der Waals surface area (Å²) in [5, 5.41) is 6.78. The molecule has 0 radical (unpaired) electrons. The van der Waals surface area contributed by atoms with Crippen LogP contribution < -0.4 is 15.4 Å². The summed E-state index contributed by atoms with van der Waals surface area (Å²) in [4.78, 5) is 16.9. The average molecular weight is 391 g/mol. The van der Waals surface area contributed by atoms with E-state index in [0.29, 0.717) is 17.0 Å². The van der Waals surface area contributed by atoms with Crippen molar-refractivity contribution in [2.45, 2.75) is 25.3 Å². The Bertz CT molecular complexity index is 1060. The van der Waals surface area contributed by atoms with Gasteiger partial charge in [-0.3, -0.25) is 4.98 Å².